The van der Waals surface area contributed by atoms with Gasteiger partial charge in [-0.25, -0.2) is 4.98 Å². The van der Waals surface area contributed by atoms with Gasteiger partial charge in [0.2, 0.25) is 0 Å². The average molecular weight is 489 g/mol. The van der Waals surface area contributed by atoms with E-state index in [1.165, 1.54) is 0 Å². The molecule has 5 nitrogen and oxygen atoms in total. The van der Waals surface area contributed by atoms with Gasteiger partial charge in [-0.05, 0) is 36.2 Å². The molecule has 0 saturated carbocycles. The molecular formula is C26H21BrN2O3. The van der Waals surface area contributed by atoms with Crippen molar-refractivity contribution in [1.29, 1.82) is 0 Å². The number of hydrogen-bond acceptors (Lipinski definition) is 3. The van der Waals surface area contributed by atoms with Gasteiger partial charge in [0.25, 0.3) is 5.91 Å². The van der Waals surface area contributed by atoms with E-state index in [1.807, 2.05) is 61.5 Å². The SMILES string of the molecule is Cc1c(-c2ccccc2)nc2ccc(Br)cc2c1C(=O)NC[C@H](C(=O)O)c1ccccc1. The summed E-state index contributed by atoms with van der Waals surface area (Å²) >= 11 is 3.48. The number of hydrogen-bond donors (Lipinski definition) is 2. The van der Waals surface area contributed by atoms with Gasteiger partial charge >= 0.3 is 5.97 Å². The van der Waals surface area contributed by atoms with Crippen molar-refractivity contribution < 1.29 is 14.7 Å². The van der Waals surface area contributed by atoms with Crippen molar-refractivity contribution in [3.8, 4) is 11.3 Å². The molecule has 1 atom stereocenters. The maximum absolute atomic E-state index is 13.4. The highest BCUT2D eigenvalue weighted by Gasteiger charge is 2.23. The second-order valence-electron chi connectivity index (χ2n) is 7.50. The van der Waals surface area contributed by atoms with Crippen LogP contribution in [0, 0.1) is 6.92 Å². The fourth-order valence-electron chi connectivity index (χ4n) is 3.82. The van der Waals surface area contributed by atoms with Crippen LogP contribution in [0.25, 0.3) is 22.2 Å². The summed E-state index contributed by atoms with van der Waals surface area (Å²) in [6.07, 6.45) is 0. The van der Waals surface area contributed by atoms with E-state index in [1.54, 1.807) is 24.3 Å². The van der Waals surface area contributed by atoms with Crippen molar-refractivity contribution in [3.05, 3.63) is 100 Å². The number of rotatable bonds is 6. The van der Waals surface area contributed by atoms with Crippen molar-refractivity contribution in [3.63, 3.8) is 0 Å². The van der Waals surface area contributed by atoms with Gasteiger partial charge in [-0.15, -0.1) is 0 Å². The number of nitrogens with one attached hydrogen (secondary N) is 1. The fourth-order valence-corrected chi connectivity index (χ4v) is 4.18. The topological polar surface area (TPSA) is 79.3 Å². The van der Waals surface area contributed by atoms with Crippen LogP contribution in [-0.2, 0) is 4.79 Å². The van der Waals surface area contributed by atoms with E-state index in [9.17, 15) is 14.7 Å². The Balaban J connectivity index is 1.75. The highest BCUT2D eigenvalue weighted by molar-refractivity contribution is 9.10. The first kappa shape index (κ1) is 21.7. The highest BCUT2D eigenvalue weighted by atomic mass is 79.9. The van der Waals surface area contributed by atoms with Gasteiger partial charge in [-0.2, -0.15) is 0 Å². The maximum Gasteiger partial charge on any atom is 0.312 e. The minimum Gasteiger partial charge on any atom is -0.481 e. The summed E-state index contributed by atoms with van der Waals surface area (Å²) in [7, 11) is 0. The van der Waals surface area contributed by atoms with E-state index in [0.29, 0.717) is 22.0 Å². The molecule has 0 aliphatic carbocycles. The van der Waals surface area contributed by atoms with Gasteiger partial charge in [-0.1, -0.05) is 76.6 Å². The Labute approximate surface area is 194 Å². The summed E-state index contributed by atoms with van der Waals surface area (Å²) in [5.74, 6) is -2.15. The molecule has 3 aromatic carbocycles. The smallest absolute Gasteiger partial charge is 0.312 e. The largest absolute Gasteiger partial charge is 0.481 e. The molecule has 4 aromatic rings. The predicted molar refractivity (Wildman–Crippen MR) is 129 cm³/mol. The van der Waals surface area contributed by atoms with E-state index >= 15 is 0 Å². The van der Waals surface area contributed by atoms with Gasteiger partial charge in [-0.3, -0.25) is 9.59 Å². The third kappa shape index (κ3) is 4.41. The molecule has 0 radical (unpaired) electrons. The molecule has 6 heteroatoms. The Morgan fingerprint density at radius 2 is 1.66 bits per heavy atom. The molecule has 1 amide bonds. The van der Waals surface area contributed by atoms with Crippen LogP contribution >= 0.6 is 15.9 Å². The van der Waals surface area contributed by atoms with Gasteiger partial charge in [0.15, 0.2) is 0 Å². The Kier molecular flexibility index (Phi) is 6.32. The van der Waals surface area contributed by atoms with Crippen molar-refractivity contribution in [1.82, 2.24) is 10.3 Å². The number of nitrogens with zero attached hydrogens (tertiary/aromatic N) is 1. The fraction of sp³-hybridized carbons (Fsp3) is 0.115. The zero-order chi connectivity index (χ0) is 22.7. The van der Waals surface area contributed by atoms with Gasteiger partial charge in [0.05, 0.1) is 22.7 Å². The van der Waals surface area contributed by atoms with Crippen LogP contribution in [-0.4, -0.2) is 28.5 Å². The number of carboxylic acid groups (broad SMARTS) is 1. The second-order valence-corrected chi connectivity index (χ2v) is 8.42. The van der Waals surface area contributed by atoms with Crippen LogP contribution in [0.5, 0.6) is 0 Å². The van der Waals surface area contributed by atoms with Gasteiger partial charge in [0.1, 0.15) is 0 Å². The molecule has 0 bridgehead atoms. The number of carbonyl (C=O) groups excluding carboxylic acids is 1. The lowest BCUT2D eigenvalue weighted by atomic mass is 9.96. The van der Waals surface area contributed by atoms with E-state index in [2.05, 4.69) is 21.2 Å². The van der Waals surface area contributed by atoms with E-state index in [4.69, 9.17) is 4.98 Å². The number of benzene rings is 3. The number of fused-ring (bicyclic) bond motifs is 1. The standard InChI is InChI=1S/C26H21BrN2O3/c1-16-23(25(30)28-15-21(26(31)32)17-8-4-2-5-9-17)20-14-19(27)12-13-22(20)29-24(16)18-10-6-3-7-11-18/h2-14,21H,15H2,1H3,(H,28,30)(H,31,32)/t21-/m0/s1. The average Bonchev–Trinajstić information content (AvgIpc) is 2.80. The number of carbonyl (C=O) groups is 2. The number of aromatic nitrogens is 1. The summed E-state index contributed by atoms with van der Waals surface area (Å²) in [5.41, 5.74) is 4.21. The lowest BCUT2D eigenvalue weighted by Gasteiger charge is -2.17. The van der Waals surface area contributed by atoms with Crippen LogP contribution in [0.15, 0.2) is 83.3 Å². The van der Waals surface area contributed by atoms with Crippen LogP contribution < -0.4 is 5.32 Å². The molecule has 0 saturated heterocycles. The van der Waals surface area contributed by atoms with Crippen LogP contribution in [0.2, 0.25) is 0 Å². The molecule has 4 rings (SSSR count). The summed E-state index contributed by atoms with van der Waals surface area (Å²) < 4.78 is 0.834. The summed E-state index contributed by atoms with van der Waals surface area (Å²) in [4.78, 5) is 30.0. The lowest BCUT2D eigenvalue weighted by molar-refractivity contribution is -0.138. The summed E-state index contributed by atoms with van der Waals surface area (Å²) in [6.45, 7) is 1.85. The van der Waals surface area contributed by atoms with Crippen LogP contribution in [0.4, 0.5) is 0 Å². The highest BCUT2D eigenvalue weighted by Crippen LogP contribution is 2.31. The Bertz CT molecular complexity index is 1290. The van der Waals surface area contributed by atoms with Crippen molar-refractivity contribution in [2.45, 2.75) is 12.8 Å². The van der Waals surface area contributed by atoms with Crippen molar-refractivity contribution in [2.75, 3.05) is 6.54 Å². The minimum absolute atomic E-state index is 0.0177. The van der Waals surface area contributed by atoms with Crippen LogP contribution in [0.1, 0.15) is 27.4 Å². The second kappa shape index (κ2) is 9.32. The third-order valence-corrected chi connectivity index (χ3v) is 5.92. The minimum atomic E-state index is -0.986. The number of halogens is 1. The summed E-state index contributed by atoms with van der Waals surface area (Å²) in [6, 6.07) is 24.2. The molecule has 1 aromatic heterocycles. The van der Waals surface area contributed by atoms with E-state index in [-0.39, 0.29) is 12.5 Å². The number of carboxylic acids is 1. The lowest BCUT2D eigenvalue weighted by Crippen LogP contribution is -2.32. The van der Waals surface area contributed by atoms with E-state index in [0.717, 1.165) is 21.3 Å². The van der Waals surface area contributed by atoms with Crippen LogP contribution in [0.3, 0.4) is 0 Å². The molecule has 2 N–H and O–H groups in total. The molecule has 0 fully saturated rings. The molecule has 160 valence electrons. The Hall–Kier alpha value is -3.51. The molecule has 1 heterocycles. The first-order valence-corrected chi connectivity index (χ1v) is 11.0. The molecule has 0 aliphatic heterocycles. The van der Waals surface area contributed by atoms with Crippen molar-refractivity contribution >= 4 is 38.7 Å². The molecule has 0 spiro atoms. The Morgan fingerprint density at radius 3 is 2.31 bits per heavy atom. The monoisotopic (exact) mass is 488 g/mol. The number of pyridine rings is 1. The van der Waals surface area contributed by atoms with E-state index < -0.39 is 11.9 Å². The number of aliphatic carboxylic acids is 1. The van der Waals surface area contributed by atoms with Gasteiger partial charge in [0, 0.05) is 22.0 Å². The van der Waals surface area contributed by atoms with Crippen molar-refractivity contribution in [2.24, 2.45) is 0 Å². The summed E-state index contributed by atoms with van der Waals surface area (Å²) in [5, 5.41) is 13.3. The predicted octanol–water partition coefficient (Wildman–Crippen LogP) is 5.57. The molecule has 32 heavy (non-hydrogen) atoms. The zero-order valence-corrected chi connectivity index (χ0v) is 19.0. The molecule has 0 unspecified atom stereocenters. The Morgan fingerprint density at radius 1 is 1.00 bits per heavy atom. The zero-order valence-electron chi connectivity index (χ0n) is 17.4. The first-order valence-electron chi connectivity index (χ1n) is 10.2. The third-order valence-electron chi connectivity index (χ3n) is 5.43. The van der Waals surface area contributed by atoms with Gasteiger partial charge < -0.3 is 10.4 Å². The maximum atomic E-state index is 13.4. The number of amides is 1. The normalized spacial score (nSPS) is 11.8. The quantitative estimate of drug-likeness (QED) is 0.371. The first-order chi connectivity index (χ1) is 15.5. The molecular weight excluding hydrogens is 468 g/mol. The molecule has 0 aliphatic rings.